The average molecular weight is 246 g/mol. The normalized spacial score (nSPS) is 14.9. The van der Waals surface area contributed by atoms with Crippen LogP contribution in [0.25, 0.3) is 11.3 Å². The number of benzene rings is 1. The Balaban J connectivity index is 1.96. The molecule has 0 spiro atoms. The van der Waals surface area contributed by atoms with Crippen LogP contribution < -0.4 is 0 Å². The van der Waals surface area contributed by atoms with Crippen molar-refractivity contribution < 1.29 is 5.11 Å². The number of halogens is 1. The molecule has 1 aromatic carbocycles. The lowest BCUT2D eigenvalue weighted by molar-refractivity contribution is 0.475. The van der Waals surface area contributed by atoms with Crippen LogP contribution in [0.1, 0.15) is 24.3 Å². The van der Waals surface area contributed by atoms with Crippen molar-refractivity contribution in [1.29, 1.82) is 0 Å². The smallest absolute Gasteiger partial charge is 0.117 e. The number of hydrogen-bond donors (Lipinski definition) is 1. The third-order valence-electron chi connectivity index (χ3n) is 3.01. The summed E-state index contributed by atoms with van der Waals surface area (Å²) in [5.74, 6) is 0.880. The zero-order chi connectivity index (χ0) is 11.8. The Morgan fingerprint density at radius 3 is 2.59 bits per heavy atom. The van der Waals surface area contributed by atoms with Gasteiger partial charge in [-0.15, -0.1) is 0 Å². The molecule has 0 unspecified atom stereocenters. The van der Waals surface area contributed by atoms with E-state index in [0.29, 0.717) is 10.9 Å². The number of nitrogens with zero attached hydrogens (tertiary/aromatic N) is 1. The van der Waals surface area contributed by atoms with Gasteiger partial charge in [0.1, 0.15) is 5.75 Å². The summed E-state index contributed by atoms with van der Waals surface area (Å²) in [4.78, 5) is 4.42. The van der Waals surface area contributed by atoms with E-state index in [0.717, 1.165) is 11.3 Å². The summed E-state index contributed by atoms with van der Waals surface area (Å²) in [5.41, 5.74) is 2.99. The van der Waals surface area contributed by atoms with E-state index in [4.69, 9.17) is 11.6 Å². The van der Waals surface area contributed by atoms with Gasteiger partial charge in [0, 0.05) is 16.8 Å². The molecule has 17 heavy (non-hydrogen) atoms. The standard InChI is InChI=1S/C14H12ClNO/c15-12-5-11(6-13(17)7-12)14-4-3-10(8-16-14)9-1-2-9/h3-9,17H,1-2H2. The summed E-state index contributed by atoms with van der Waals surface area (Å²) in [6, 6.07) is 9.09. The van der Waals surface area contributed by atoms with Crippen molar-refractivity contribution in [2.45, 2.75) is 18.8 Å². The molecule has 0 radical (unpaired) electrons. The van der Waals surface area contributed by atoms with E-state index >= 15 is 0 Å². The van der Waals surface area contributed by atoms with Gasteiger partial charge in [-0.1, -0.05) is 17.7 Å². The first-order valence-electron chi connectivity index (χ1n) is 5.68. The van der Waals surface area contributed by atoms with Gasteiger partial charge >= 0.3 is 0 Å². The van der Waals surface area contributed by atoms with Gasteiger partial charge in [0.2, 0.25) is 0 Å². The van der Waals surface area contributed by atoms with Gasteiger partial charge in [-0.3, -0.25) is 4.98 Å². The van der Waals surface area contributed by atoms with Crippen molar-refractivity contribution in [3.63, 3.8) is 0 Å². The van der Waals surface area contributed by atoms with Gasteiger partial charge in [-0.2, -0.15) is 0 Å². The molecular formula is C14H12ClNO. The van der Waals surface area contributed by atoms with E-state index in [1.165, 1.54) is 24.5 Å². The average Bonchev–Trinajstić information content (AvgIpc) is 3.12. The summed E-state index contributed by atoms with van der Waals surface area (Å²) in [6.07, 6.45) is 4.48. The molecule has 0 bridgehead atoms. The SMILES string of the molecule is Oc1cc(Cl)cc(-c2ccc(C3CC3)cn2)c1. The van der Waals surface area contributed by atoms with E-state index in [1.807, 2.05) is 12.3 Å². The van der Waals surface area contributed by atoms with Crippen molar-refractivity contribution in [3.05, 3.63) is 47.1 Å². The Kier molecular flexibility index (Phi) is 2.52. The van der Waals surface area contributed by atoms with Gasteiger partial charge in [-0.05, 0) is 48.6 Å². The minimum atomic E-state index is 0.167. The molecule has 1 N–H and O–H groups in total. The highest BCUT2D eigenvalue weighted by atomic mass is 35.5. The highest BCUT2D eigenvalue weighted by molar-refractivity contribution is 6.31. The van der Waals surface area contributed by atoms with E-state index in [1.54, 1.807) is 12.1 Å². The summed E-state index contributed by atoms with van der Waals surface area (Å²) < 4.78 is 0. The molecule has 1 fully saturated rings. The number of phenolic OH excluding ortho intramolecular Hbond substituents is 1. The molecule has 1 aromatic heterocycles. The summed E-state index contributed by atoms with van der Waals surface area (Å²) in [5, 5.41) is 10.0. The minimum Gasteiger partial charge on any atom is -0.508 e. The zero-order valence-electron chi connectivity index (χ0n) is 9.23. The van der Waals surface area contributed by atoms with Gasteiger partial charge in [0.25, 0.3) is 0 Å². The molecule has 0 saturated heterocycles. The Hall–Kier alpha value is -1.54. The fourth-order valence-corrected chi connectivity index (χ4v) is 2.19. The van der Waals surface area contributed by atoms with Crippen LogP contribution in [0.5, 0.6) is 5.75 Å². The molecule has 2 nitrogen and oxygen atoms in total. The quantitative estimate of drug-likeness (QED) is 0.868. The van der Waals surface area contributed by atoms with Gasteiger partial charge < -0.3 is 5.11 Å². The van der Waals surface area contributed by atoms with Gasteiger partial charge in [0.15, 0.2) is 0 Å². The molecule has 1 heterocycles. The van der Waals surface area contributed by atoms with Crippen molar-refractivity contribution in [1.82, 2.24) is 4.98 Å². The second-order valence-corrected chi connectivity index (χ2v) is 4.89. The van der Waals surface area contributed by atoms with Crippen molar-refractivity contribution >= 4 is 11.6 Å². The molecule has 86 valence electrons. The Morgan fingerprint density at radius 2 is 2.00 bits per heavy atom. The molecule has 1 aliphatic carbocycles. The maximum atomic E-state index is 9.50. The van der Waals surface area contributed by atoms with Crippen molar-refractivity contribution in [2.24, 2.45) is 0 Å². The second-order valence-electron chi connectivity index (χ2n) is 4.45. The van der Waals surface area contributed by atoms with Crippen LogP contribution in [0.15, 0.2) is 36.5 Å². The zero-order valence-corrected chi connectivity index (χ0v) is 9.98. The largest absolute Gasteiger partial charge is 0.508 e. The van der Waals surface area contributed by atoms with Crippen LogP contribution in [0.2, 0.25) is 5.02 Å². The topological polar surface area (TPSA) is 33.1 Å². The molecule has 1 aliphatic rings. The fraction of sp³-hybridized carbons (Fsp3) is 0.214. The van der Waals surface area contributed by atoms with E-state index < -0.39 is 0 Å². The van der Waals surface area contributed by atoms with E-state index in [9.17, 15) is 5.11 Å². The minimum absolute atomic E-state index is 0.167. The highest BCUT2D eigenvalue weighted by Crippen LogP contribution is 2.40. The first-order valence-corrected chi connectivity index (χ1v) is 6.06. The molecule has 0 atom stereocenters. The van der Waals surface area contributed by atoms with Crippen LogP contribution in [0.4, 0.5) is 0 Å². The monoisotopic (exact) mass is 245 g/mol. The lowest BCUT2D eigenvalue weighted by atomic mass is 10.1. The number of rotatable bonds is 2. The predicted molar refractivity (Wildman–Crippen MR) is 68.3 cm³/mol. The molecule has 3 heteroatoms. The Labute approximate surface area is 105 Å². The predicted octanol–water partition coefficient (Wildman–Crippen LogP) is 3.99. The first-order chi connectivity index (χ1) is 8.22. The number of phenols is 1. The summed E-state index contributed by atoms with van der Waals surface area (Å²) >= 11 is 5.90. The maximum absolute atomic E-state index is 9.50. The molecular weight excluding hydrogens is 234 g/mol. The molecule has 2 aromatic rings. The van der Waals surface area contributed by atoms with Crippen LogP contribution in [-0.2, 0) is 0 Å². The lowest BCUT2D eigenvalue weighted by Gasteiger charge is -2.04. The van der Waals surface area contributed by atoms with Crippen molar-refractivity contribution in [3.8, 4) is 17.0 Å². The summed E-state index contributed by atoms with van der Waals surface area (Å²) in [6.45, 7) is 0. The van der Waals surface area contributed by atoms with Gasteiger partial charge in [0.05, 0.1) is 5.69 Å². The Bertz CT molecular complexity index is 526. The first kappa shape index (κ1) is 10.6. The fourth-order valence-electron chi connectivity index (χ4n) is 1.96. The number of aromatic nitrogens is 1. The third-order valence-corrected chi connectivity index (χ3v) is 3.23. The molecule has 0 aliphatic heterocycles. The van der Waals surface area contributed by atoms with E-state index in [2.05, 4.69) is 11.1 Å². The molecule has 1 saturated carbocycles. The number of pyridine rings is 1. The van der Waals surface area contributed by atoms with Gasteiger partial charge in [-0.25, -0.2) is 0 Å². The van der Waals surface area contributed by atoms with Crippen LogP contribution >= 0.6 is 11.6 Å². The number of aromatic hydroxyl groups is 1. The van der Waals surface area contributed by atoms with Crippen LogP contribution in [0, 0.1) is 0 Å². The van der Waals surface area contributed by atoms with Crippen LogP contribution in [0.3, 0.4) is 0 Å². The van der Waals surface area contributed by atoms with E-state index in [-0.39, 0.29) is 5.75 Å². The Morgan fingerprint density at radius 1 is 1.18 bits per heavy atom. The highest BCUT2D eigenvalue weighted by Gasteiger charge is 2.23. The lowest BCUT2D eigenvalue weighted by Crippen LogP contribution is -1.86. The summed E-state index contributed by atoms with van der Waals surface area (Å²) in [7, 11) is 0. The number of hydrogen-bond acceptors (Lipinski definition) is 2. The van der Waals surface area contributed by atoms with Crippen molar-refractivity contribution in [2.75, 3.05) is 0 Å². The van der Waals surface area contributed by atoms with Crippen LogP contribution in [-0.4, -0.2) is 10.1 Å². The molecule has 0 amide bonds. The third kappa shape index (κ3) is 2.27. The second kappa shape index (κ2) is 4.04. The molecule has 3 rings (SSSR count). The maximum Gasteiger partial charge on any atom is 0.117 e.